The molecule has 3 fully saturated rings. The number of carbonyl (C=O) groups is 1. The molecule has 1 aromatic heterocycles. The molecule has 2 bridgehead atoms. The molecular weight excluding hydrogens is 402 g/mol. The largest absolute Gasteiger partial charge is 0.423 e. The minimum Gasteiger partial charge on any atom is -0.423 e. The van der Waals surface area contributed by atoms with Crippen LogP contribution in [0.3, 0.4) is 0 Å². The molecule has 0 radical (unpaired) electrons. The fraction of sp³-hybridized carbons (Fsp3) is 0.680. The number of hydrogen-bond acceptors (Lipinski definition) is 6. The van der Waals surface area contributed by atoms with Crippen molar-refractivity contribution in [2.24, 2.45) is 5.92 Å². The monoisotopic (exact) mass is 439 g/mol. The third kappa shape index (κ3) is 4.37. The first-order valence-corrected chi connectivity index (χ1v) is 12.4. The molecule has 0 saturated carbocycles. The van der Waals surface area contributed by atoms with Gasteiger partial charge in [0.2, 0.25) is 0 Å². The molecule has 2 N–H and O–H groups in total. The first-order chi connectivity index (χ1) is 15.5. The van der Waals surface area contributed by atoms with Crippen LogP contribution in [-0.2, 0) is 0 Å². The van der Waals surface area contributed by atoms with E-state index in [4.69, 9.17) is 9.40 Å². The maximum atomic E-state index is 13.3. The summed E-state index contributed by atoms with van der Waals surface area (Å²) in [6.45, 7) is 7.17. The van der Waals surface area contributed by atoms with E-state index >= 15 is 0 Å². The van der Waals surface area contributed by atoms with Gasteiger partial charge in [0.25, 0.3) is 11.9 Å². The zero-order chi connectivity index (χ0) is 22.2. The van der Waals surface area contributed by atoms with Gasteiger partial charge in [-0.25, -0.2) is 0 Å². The summed E-state index contributed by atoms with van der Waals surface area (Å²) in [4.78, 5) is 22.8. The van der Waals surface area contributed by atoms with Crippen molar-refractivity contribution in [3.63, 3.8) is 0 Å². The first-order valence-electron chi connectivity index (χ1n) is 12.4. The second kappa shape index (κ2) is 9.02. The summed E-state index contributed by atoms with van der Waals surface area (Å²) in [5.41, 5.74) is 1.98. The number of hydrogen-bond donors (Lipinski definition) is 2. The van der Waals surface area contributed by atoms with Crippen molar-refractivity contribution in [3.05, 3.63) is 23.8 Å². The summed E-state index contributed by atoms with van der Waals surface area (Å²) in [5.74, 6) is 0.617. The van der Waals surface area contributed by atoms with Gasteiger partial charge < -0.3 is 24.9 Å². The number of piperidine rings is 2. The van der Waals surface area contributed by atoms with Crippen molar-refractivity contribution in [1.82, 2.24) is 20.5 Å². The number of piperazine rings is 1. The van der Waals surface area contributed by atoms with Gasteiger partial charge in [0.15, 0.2) is 5.58 Å². The molecule has 0 aliphatic carbocycles. The van der Waals surface area contributed by atoms with Crippen LogP contribution in [0.5, 0.6) is 0 Å². The van der Waals surface area contributed by atoms with Crippen LogP contribution >= 0.6 is 0 Å². The third-order valence-corrected chi connectivity index (χ3v) is 7.61. The van der Waals surface area contributed by atoms with Crippen molar-refractivity contribution < 1.29 is 9.21 Å². The van der Waals surface area contributed by atoms with Gasteiger partial charge in [-0.1, -0.05) is 26.3 Å². The Morgan fingerprint density at radius 1 is 1.28 bits per heavy atom. The van der Waals surface area contributed by atoms with E-state index in [1.54, 1.807) is 0 Å². The molecule has 2 unspecified atom stereocenters. The van der Waals surface area contributed by atoms with Gasteiger partial charge in [-0.3, -0.25) is 4.79 Å². The number of nitrogens with one attached hydrogen (secondary N) is 2. The number of oxazole rings is 1. The lowest BCUT2D eigenvalue weighted by molar-refractivity contribution is 0.0463. The number of amides is 1. The zero-order valence-corrected chi connectivity index (χ0v) is 19.6. The van der Waals surface area contributed by atoms with E-state index in [9.17, 15) is 4.79 Å². The standard InChI is InChI=1S/C25H37N5O2/c1-16(2)12-18-15-30(11-10-26-18)25-28-23-21(8-5-9-22(23)32-25)24(31)27-17-13-19-6-4-7-20(14-17)29(19)3/h5,8-9,16-20,26H,4,6-7,10-15H2,1-3H3,(H,27,31)/t17?,18-,19?,20?/m0/s1. The number of aromatic nitrogens is 1. The average Bonchev–Trinajstić information content (AvgIpc) is 3.18. The van der Waals surface area contributed by atoms with E-state index in [2.05, 4.69) is 41.3 Å². The zero-order valence-electron chi connectivity index (χ0n) is 19.6. The molecule has 7 heteroatoms. The van der Waals surface area contributed by atoms with Crippen LogP contribution in [0, 0.1) is 5.92 Å². The Hall–Kier alpha value is -2.12. The van der Waals surface area contributed by atoms with Crippen molar-refractivity contribution in [2.75, 3.05) is 31.6 Å². The second-order valence-corrected chi connectivity index (χ2v) is 10.4. The minimum absolute atomic E-state index is 0.0268. The summed E-state index contributed by atoms with van der Waals surface area (Å²) in [6.07, 6.45) is 7.00. The van der Waals surface area contributed by atoms with Gasteiger partial charge in [-0.15, -0.1) is 0 Å². The van der Waals surface area contributed by atoms with E-state index in [1.807, 2.05) is 18.2 Å². The van der Waals surface area contributed by atoms with Crippen LogP contribution in [0.2, 0.25) is 0 Å². The molecule has 174 valence electrons. The van der Waals surface area contributed by atoms with Gasteiger partial charge in [-0.2, -0.15) is 4.98 Å². The molecule has 0 spiro atoms. The lowest BCUT2D eigenvalue weighted by Crippen LogP contribution is -2.55. The highest BCUT2D eigenvalue weighted by atomic mass is 16.4. The van der Waals surface area contributed by atoms with Crippen LogP contribution in [0.4, 0.5) is 6.01 Å². The van der Waals surface area contributed by atoms with Gasteiger partial charge in [0, 0.05) is 43.8 Å². The molecule has 3 saturated heterocycles. The van der Waals surface area contributed by atoms with Gasteiger partial charge in [0.1, 0.15) is 5.52 Å². The Morgan fingerprint density at radius 3 is 2.81 bits per heavy atom. The van der Waals surface area contributed by atoms with Crippen molar-refractivity contribution in [3.8, 4) is 0 Å². The van der Waals surface area contributed by atoms with Gasteiger partial charge >= 0.3 is 0 Å². The van der Waals surface area contributed by atoms with Gasteiger partial charge in [-0.05, 0) is 57.2 Å². The molecule has 3 aliphatic heterocycles. The smallest absolute Gasteiger partial charge is 0.298 e. The highest BCUT2D eigenvalue weighted by Crippen LogP contribution is 2.33. The number of fused-ring (bicyclic) bond motifs is 3. The predicted molar refractivity (Wildman–Crippen MR) is 127 cm³/mol. The highest BCUT2D eigenvalue weighted by Gasteiger charge is 2.36. The maximum absolute atomic E-state index is 13.3. The molecule has 32 heavy (non-hydrogen) atoms. The molecule has 4 heterocycles. The molecule has 1 amide bonds. The van der Waals surface area contributed by atoms with Crippen LogP contribution in [0.1, 0.15) is 62.7 Å². The number of benzene rings is 1. The molecule has 2 aromatic rings. The predicted octanol–water partition coefficient (Wildman–Crippen LogP) is 3.40. The number of para-hydroxylation sites is 1. The highest BCUT2D eigenvalue weighted by molar-refractivity contribution is 6.04. The normalized spacial score (nSPS) is 28.9. The Balaban J connectivity index is 1.31. The summed E-state index contributed by atoms with van der Waals surface area (Å²) >= 11 is 0. The summed E-state index contributed by atoms with van der Waals surface area (Å²) in [6, 6.07) is 8.17. The van der Waals surface area contributed by atoms with E-state index in [1.165, 1.54) is 19.3 Å². The van der Waals surface area contributed by atoms with Gasteiger partial charge in [0.05, 0.1) is 5.56 Å². The van der Waals surface area contributed by atoms with Crippen LogP contribution in [0.25, 0.3) is 11.1 Å². The van der Waals surface area contributed by atoms with Crippen molar-refractivity contribution in [2.45, 2.75) is 76.5 Å². The SMILES string of the molecule is CC(C)C[C@H]1CN(c2nc3c(C(=O)NC4CC5CCCC(C4)N5C)cccc3o2)CCN1. The lowest BCUT2D eigenvalue weighted by Gasteiger charge is -2.47. The Labute approximate surface area is 190 Å². The van der Waals surface area contributed by atoms with E-state index < -0.39 is 0 Å². The fourth-order valence-electron chi connectivity index (χ4n) is 5.98. The Morgan fingerprint density at radius 2 is 2.06 bits per heavy atom. The maximum Gasteiger partial charge on any atom is 0.298 e. The summed E-state index contributed by atoms with van der Waals surface area (Å²) < 4.78 is 6.12. The van der Waals surface area contributed by atoms with Crippen LogP contribution < -0.4 is 15.5 Å². The van der Waals surface area contributed by atoms with Crippen LogP contribution in [-0.4, -0.2) is 66.6 Å². The summed E-state index contributed by atoms with van der Waals surface area (Å²) in [7, 11) is 2.24. The number of rotatable bonds is 5. The van der Waals surface area contributed by atoms with Crippen molar-refractivity contribution >= 4 is 23.0 Å². The molecule has 5 rings (SSSR count). The van der Waals surface area contributed by atoms with E-state index in [0.29, 0.717) is 46.7 Å². The topological polar surface area (TPSA) is 73.6 Å². The Bertz CT molecular complexity index is 943. The second-order valence-electron chi connectivity index (χ2n) is 10.4. The molecule has 7 nitrogen and oxygen atoms in total. The van der Waals surface area contributed by atoms with Crippen LogP contribution in [0.15, 0.2) is 22.6 Å². The number of carbonyl (C=O) groups excluding carboxylic acids is 1. The quantitative estimate of drug-likeness (QED) is 0.744. The lowest BCUT2D eigenvalue weighted by atomic mass is 9.82. The average molecular weight is 440 g/mol. The minimum atomic E-state index is -0.0268. The molecule has 1 aromatic carbocycles. The number of anilines is 1. The fourth-order valence-corrected chi connectivity index (χ4v) is 5.98. The Kier molecular flexibility index (Phi) is 6.12. The van der Waals surface area contributed by atoms with E-state index in [0.717, 1.165) is 38.9 Å². The number of nitrogens with zero attached hydrogens (tertiary/aromatic N) is 3. The molecule has 3 atom stereocenters. The van der Waals surface area contributed by atoms with Crippen molar-refractivity contribution in [1.29, 1.82) is 0 Å². The third-order valence-electron chi connectivity index (χ3n) is 7.61. The molecular formula is C25H37N5O2. The first kappa shape index (κ1) is 21.7. The van der Waals surface area contributed by atoms with E-state index in [-0.39, 0.29) is 11.9 Å². The summed E-state index contributed by atoms with van der Waals surface area (Å²) in [5, 5.41) is 6.92. The molecule has 3 aliphatic rings.